The molecule has 3 saturated heterocycles. The van der Waals surface area contributed by atoms with Gasteiger partial charge in [0.1, 0.15) is 66.5 Å². The van der Waals surface area contributed by atoms with Crippen molar-refractivity contribution in [3.63, 3.8) is 0 Å². The summed E-state index contributed by atoms with van der Waals surface area (Å²) >= 11 is 2.84. The summed E-state index contributed by atoms with van der Waals surface area (Å²) in [5.74, 6) is -13.9. The van der Waals surface area contributed by atoms with Gasteiger partial charge in [-0.15, -0.1) is 35.3 Å². The van der Waals surface area contributed by atoms with Gasteiger partial charge in [0.25, 0.3) is 0 Å². The van der Waals surface area contributed by atoms with Crippen molar-refractivity contribution >= 4 is 137 Å². The topological polar surface area (TPSA) is 497 Å². The van der Waals surface area contributed by atoms with Crippen molar-refractivity contribution in [3.05, 3.63) is 0 Å². The third-order valence-corrected chi connectivity index (χ3v) is 17.9. The minimum atomic E-state index is -1.53. The standard InChI is InChI=1S/C63H92N4O33S3/c1-30(68)86-27-44-50(89-33(4)71)53(92-36(7)74)56(95-39(10)77)61(98-44)101-24-19-47(80)64-22-15-13-17-42(66-49(82)21-26-103-63-58(97-41(12)79)55(94-38(9)76)52(91-35(6)73)46(100-63)29-88-32(3)70)59(83)67-43(60(84)85)18-14-16-23-65-48(81)20-25-102-62-57(96-40(11)78)54(93-37(8)75)51(90-34(5)72)45(99-62)28-87-31(2)69/h42-46,50-58,61-63H,13-29H2,1-12H3,(H,64,80)(H,65,81)(H,66,82)(H,67,83)(H,84,85)/t42-,43-,44+,45+,46+,50+,51+,52+,53-,54-,55-,56-,57-,58-,61+,62+,63+/m0/s1. The highest BCUT2D eigenvalue weighted by Crippen LogP contribution is 2.38. The highest BCUT2D eigenvalue weighted by atomic mass is 32.2. The zero-order valence-corrected chi connectivity index (χ0v) is 61.5. The Kier molecular flexibility index (Phi) is 39.7. The lowest BCUT2D eigenvalue weighted by molar-refractivity contribution is -0.237. The number of esters is 12. The first-order valence-corrected chi connectivity index (χ1v) is 35.7. The number of carboxylic acids is 1. The highest BCUT2D eigenvalue weighted by Gasteiger charge is 2.55. The normalized spacial score (nSPS) is 24.7. The second-order valence-corrected chi connectivity index (χ2v) is 26.9. The Morgan fingerprint density at radius 3 is 0.864 bits per heavy atom. The fraction of sp³-hybridized carbons (Fsp3) is 0.730. The van der Waals surface area contributed by atoms with Crippen LogP contribution < -0.4 is 21.3 Å². The molecule has 17 atom stereocenters. The van der Waals surface area contributed by atoms with E-state index in [9.17, 15) is 86.6 Å². The second kappa shape index (κ2) is 45.9. The van der Waals surface area contributed by atoms with Crippen LogP contribution in [0.1, 0.15) is 141 Å². The van der Waals surface area contributed by atoms with Crippen LogP contribution in [0.25, 0.3) is 0 Å². The zero-order valence-electron chi connectivity index (χ0n) is 59.1. The molecule has 580 valence electrons. The van der Waals surface area contributed by atoms with Crippen LogP contribution in [0, 0.1) is 0 Å². The quantitative estimate of drug-likeness (QED) is 0.0311. The van der Waals surface area contributed by atoms with Crippen molar-refractivity contribution in [2.24, 2.45) is 0 Å². The van der Waals surface area contributed by atoms with Gasteiger partial charge in [0, 0.05) is 133 Å². The fourth-order valence-corrected chi connectivity index (χ4v) is 13.9. The Balaban J connectivity index is 1.76. The molecule has 5 N–H and O–H groups in total. The molecule has 0 bridgehead atoms. The summed E-state index contributed by atoms with van der Waals surface area (Å²) in [5.41, 5.74) is -3.55. The average molecular weight is 1530 g/mol. The van der Waals surface area contributed by atoms with Gasteiger partial charge in [-0.05, 0) is 38.5 Å². The molecule has 0 unspecified atom stereocenters. The molecule has 40 heteroatoms. The summed E-state index contributed by atoms with van der Waals surface area (Å²) in [6.45, 7) is 11.6. The molecule has 0 aromatic carbocycles. The van der Waals surface area contributed by atoms with Gasteiger partial charge >= 0.3 is 77.6 Å². The molecule has 3 aliphatic rings. The molecule has 0 aromatic rings. The van der Waals surface area contributed by atoms with E-state index in [-0.39, 0.29) is 88.1 Å². The van der Waals surface area contributed by atoms with E-state index in [4.69, 9.17) is 71.1 Å². The van der Waals surface area contributed by atoms with Crippen LogP contribution >= 0.6 is 35.3 Å². The van der Waals surface area contributed by atoms with Crippen molar-refractivity contribution in [1.82, 2.24) is 21.3 Å². The lowest BCUT2D eigenvalue weighted by Gasteiger charge is -2.44. The molecule has 0 radical (unpaired) electrons. The summed E-state index contributed by atoms with van der Waals surface area (Å²) in [6, 6.07) is -2.93. The number of hydrogen-bond donors (Lipinski definition) is 5. The maximum Gasteiger partial charge on any atom is 0.326 e. The van der Waals surface area contributed by atoms with Gasteiger partial charge in [0.2, 0.25) is 23.6 Å². The smallest absolute Gasteiger partial charge is 0.326 e. The van der Waals surface area contributed by atoms with Crippen molar-refractivity contribution in [1.29, 1.82) is 0 Å². The highest BCUT2D eigenvalue weighted by molar-refractivity contribution is 8.00. The maximum absolute atomic E-state index is 14.1. The number of carbonyl (C=O) groups excluding carboxylic acids is 16. The van der Waals surface area contributed by atoms with E-state index in [1.807, 2.05) is 0 Å². The molecule has 103 heavy (non-hydrogen) atoms. The third-order valence-electron chi connectivity index (χ3n) is 14.4. The van der Waals surface area contributed by atoms with E-state index in [2.05, 4.69) is 21.3 Å². The summed E-state index contributed by atoms with van der Waals surface area (Å²) in [4.78, 5) is 213. The monoisotopic (exact) mass is 1530 g/mol. The average Bonchev–Trinajstić information content (AvgIpc) is 0.801. The zero-order chi connectivity index (χ0) is 77.2. The molecular formula is C63H92N4O33S3. The lowest BCUT2D eigenvalue weighted by atomic mass is 9.99. The summed E-state index contributed by atoms with van der Waals surface area (Å²) in [5, 5.41) is 20.8. The van der Waals surface area contributed by atoms with Crippen LogP contribution in [-0.4, -0.2) is 258 Å². The Hall–Kier alpha value is -8.08. The minimum absolute atomic E-state index is 0.00579. The first-order valence-electron chi connectivity index (χ1n) is 32.6. The van der Waals surface area contributed by atoms with Gasteiger partial charge in [-0.2, -0.15) is 0 Å². The molecule has 4 amide bonds. The largest absolute Gasteiger partial charge is 0.480 e. The van der Waals surface area contributed by atoms with Crippen LogP contribution in [-0.2, 0) is 153 Å². The SMILES string of the molecule is CC(=O)OC[C@H]1O[C@H](SCCC(=O)NCCCC[C@H](NC(=O)[C@H](CCCCNC(=O)CCS[C@H]2O[C@H](COC(C)=O)[C@@H](OC(C)=O)[C@H](OC(C)=O)[C@@H]2OC(C)=O)NC(=O)CCS[C@H]2O[C@H](COC(C)=O)[C@@H](OC(C)=O)[C@H](OC(C)=O)[C@@H]2OC(C)=O)C(=O)O)[C@@H](OC(C)=O)[C@@H](OC(C)=O)[C@@H]1OC(C)=O. The van der Waals surface area contributed by atoms with Crippen LogP contribution in [0.3, 0.4) is 0 Å². The molecule has 0 aromatic heterocycles. The Morgan fingerprint density at radius 2 is 0.592 bits per heavy atom. The van der Waals surface area contributed by atoms with E-state index in [0.717, 1.165) is 118 Å². The molecule has 0 spiro atoms. The number of rotatable bonds is 41. The lowest BCUT2D eigenvalue weighted by Crippen LogP contribution is -2.61. The van der Waals surface area contributed by atoms with Crippen molar-refractivity contribution in [2.75, 3.05) is 50.2 Å². The van der Waals surface area contributed by atoms with Gasteiger partial charge in [-0.25, -0.2) is 4.79 Å². The van der Waals surface area contributed by atoms with Crippen molar-refractivity contribution < 1.29 is 158 Å². The number of amides is 4. The van der Waals surface area contributed by atoms with E-state index in [1.165, 1.54) is 0 Å². The molecule has 0 aliphatic carbocycles. The van der Waals surface area contributed by atoms with Gasteiger partial charge in [-0.3, -0.25) is 76.7 Å². The molecule has 37 nitrogen and oxygen atoms in total. The predicted molar refractivity (Wildman–Crippen MR) is 352 cm³/mol. The Bertz CT molecular complexity index is 2980. The van der Waals surface area contributed by atoms with E-state index in [1.54, 1.807) is 0 Å². The Labute approximate surface area is 605 Å². The third kappa shape index (κ3) is 33.9. The fourth-order valence-electron chi connectivity index (χ4n) is 10.4. The summed E-state index contributed by atoms with van der Waals surface area (Å²) < 4.78 is 82.7. The maximum atomic E-state index is 14.1. The molecule has 0 saturated carbocycles. The van der Waals surface area contributed by atoms with Crippen molar-refractivity contribution in [2.45, 2.75) is 243 Å². The molecular weight excluding hydrogens is 1440 g/mol. The van der Waals surface area contributed by atoms with Crippen LogP contribution in [0.4, 0.5) is 0 Å². The predicted octanol–water partition coefficient (Wildman–Crippen LogP) is 0.233. The minimum Gasteiger partial charge on any atom is -0.480 e. The second-order valence-electron chi connectivity index (χ2n) is 23.3. The molecule has 3 fully saturated rings. The number of unbranched alkanes of at least 4 members (excludes halogenated alkanes) is 2. The van der Waals surface area contributed by atoms with E-state index < -0.39 is 223 Å². The number of hydrogen-bond acceptors (Lipinski definition) is 35. The van der Waals surface area contributed by atoms with E-state index >= 15 is 0 Å². The van der Waals surface area contributed by atoms with Crippen LogP contribution in [0.15, 0.2) is 0 Å². The number of carboxylic acid groups (broad SMARTS) is 1. The molecule has 3 rings (SSSR count). The summed E-state index contributed by atoms with van der Waals surface area (Å²) in [6.07, 6.45) is -16.8. The van der Waals surface area contributed by atoms with Gasteiger partial charge in [0.15, 0.2) is 54.9 Å². The number of nitrogens with one attached hydrogen (secondary N) is 4. The van der Waals surface area contributed by atoms with Crippen LogP contribution in [0.5, 0.6) is 0 Å². The number of thioether (sulfide) groups is 3. The van der Waals surface area contributed by atoms with Gasteiger partial charge in [-0.1, -0.05) is 0 Å². The summed E-state index contributed by atoms with van der Waals surface area (Å²) in [7, 11) is 0. The first kappa shape index (κ1) is 89.1. The number of carbonyl (C=O) groups is 17. The number of ether oxygens (including phenoxy) is 15. The van der Waals surface area contributed by atoms with Gasteiger partial charge < -0.3 is 97.4 Å². The van der Waals surface area contributed by atoms with Gasteiger partial charge in [0.05, 0.1) is 0 Å². The molecule has 3 heterocycles. The number of aliphatic carboxylic acids is 1. The molecule has 3 aliphatic heterocycles. The Morgan fingerprint density at radius 1 is 0.330 bits per heavy atom. The van der Waals surface area contributed by atoms with Crippen molar-refractivity contribution in [3.8, 4) is 0 Å². The van der Waals surface area contributed by atoms with E-state index in [0.29, 0.717) is 0 Å². The first-order chi connectivity index (χ1) is 48.5. The van der Waals surface area contributed by atoms with Crippen LogP contribution in [0.2, 0.25) is 0 Å².